The van der Waals surface area contributed by atoms with Gasteiger partial charge in [0.15, 0.2) is 0 Å². The number of ether oxygens (including phenoxy) is 1. The molecule has 1 heterocycles. The van der Waals surface area contributed by atoms with Crippen LogP contribution in [0.25, 0.3) is 11.3 Å². The molecular formula is C13H14N2O2. The lowest BCUT2D eigenvalue weighted by Crippen LogP contribution is -2.16. The van der Waals surface area contributed by atoms with Crippen LogP contribution in [0.4, 0.5) is 0 Å². The van der Waals surface area contributed by atoms with Crippen molar-refractivity contribution >= 4 is 0 Å². The molecule has 1 aromatic heterocycles. The molecule has 2 rings (SSSR count). The molecule has 0 amide bonds. The van der Waals surface area contributed by atoms with Crippen molar-refractivity contribution in [3.05, 3.63) is 52.1 Å². The molecule has 88 valence electrons. The van der Waals surface area contributed by atoms with E-state index in [0.29, 0.717) is 23.7 Å². The van der Waals surface area contributed by atoms with E-state index in [0.717, 1.165) is 5.56 Å². The summed E-state index contributed by atoms with van der Waals surface area (Å²) < 4.78 is 4.98. The lowest BCUT2D eigenvalue weighted by atomic mass is 10.1. The van der Waals surface area contributed by atoms with Crippen LogP contribution >= 0.6 is 0 Å². The first-order valence-electron chi connectivity index (χ1n) is 5.36. The standard InChI is InChI=1S/C13H14N2O2/c1-9-12(10-6-4-3-5-7-10)14-11(8-17-2)15-13(9)16/h3-7H,8H2,1-2H3,(H,14,15,16). The largest absolute Gasteiger partial charge is 0.377 e. The van der Waals surface area contributed by atoms with E-state index in [2.05, 4.69) is 9.97 Å². The second-order valence-corrected chi connectivity index (χ2v) is 3.79. The second-order valence-electron chi connectivity index (χ2n) is 3.79. The van der Waals surface area contributed by atoms with E-state index in [1.54, 1.807) is 14.0 Å². The fraction of sp³-hybridized carbons (Fsp3) is 0.231. The van der Waals surface area contributed by atoms with Crippen LogP contribution in [0.15, 0.2) is 35.1 Å². The maximum atomic E-state index is 11.8. The van der Waals surface area contributed by atoms with Gasteiger partial charge in [0.05, 0.1) is 5.69 Å². The molecule has 17 heavy (non-hydrogen) atoms. The Morgan fingerprint density at radius 1 is 1.29 bits per heavy atom. The highest BCUT2D eigenvalue weighted by molar-refractivity contribution is 5.62. The molecule has 0 aliphatic rings. The zero-order valence-electron chi connectivity index (χ0n) is 9.86. The Hall–Kier alpha value is -1.94. The number of aromatic nitrogens is 2. The van der Waals surface area contributed by atoms with Crippen LogP contribution in [0.1, 0.15) is 11.4 Å². The molecule has 0 atom stereocenters. The van der Waals surface area contributed by atoms with Crippen molar-refractivity contribution in [2.24, 2.45) is 0 Å². The third kappa shape index (κ3) is 2.42. The van der Waals surface area contributed by atoms with Gasteiger partial charge in [-0.3, -0.25) is 4.79 Å². The predicted octanol–water partition coefficient (Wildman–Crippen LogP) is 1.89. The maximum absolute atomic E-state index is 11.8. The first kappa shape index (κ1) is 11.5. The van der Waals surface area contributed by atoms with Gasteiger partial charge in [0, 0.05) is 18.2 Å². The number of hydrogen-bond donors (Lipinski definition) is 1. The van der Waals surface area contributed by atoms with E-state index in [4.69, 9.17) is 4.74 Å². The van der Waals surface area contributed by atoms with Gasteiger partial charge >= 0.3 is 0 Å². The molecule has 0 aliphatic heterocycles. The molecule has 0 aliphatic carbocycles. The first-order valence-corrected chi connectivity index (χ1v) is 5.36. The average Bonchev–Trinajstić information content (AvgIpc) is 2.35. The number of nitrogens with one attached hydrogen (secondary N) is 1. The summed E-state index contributed by atoms with van der Waals surface area (Å²) >= 11 is 0. The minimum absolute atomic E-state index is 0.120. The topological polar surface area (TPSA) is 55.0 Å². The van der Waals surface area contributed by atoms with Gasteiger partial charge in [-0.15, -0.1) is 0 Å². The Balaban J connectivity index is 2.57. The van der Waals surface area contributed by atoms with Gasteiger partial charge in [-0.25, -0.2) is 4.98 Å². The van der Waals surface area contributed by atoms with Gasteiger partial charge in [-0.05, 0) is 6.92 Å². The predicted molar refractivity (Wildman–Crippen MR) is 65.7 cm³/mol. The Morgan fingerprint density at radius 3 is 2.65 bits per heavy atom. The van der Waals surface area contributed by atoms with Crippen LogP contribution in [0, 0.1) is 6.92 Å². The molecule has 2 aromatic rings. The van der Waals surface area contributed by atoms with E-state index in [1.165, 1.54) is 0 Å². The van der Waals surface area contributed by atoms with Crippen LogP contribution in [-0.2, 0) is 11.3 Å². The number of rotatable bonds is 3. The van der Waals surface area contributed by atoms with E-state index in [-0.39, 0.29) is 5.56 Å². The van der Waals surface area contributed by atoms with Crippen molar-refractivity contribution in [3.8, 4) is 11.3 Å². The zero-order valence-corrected chi connectivity index (χ0v) is 9.86. The maximum Gasteiger partial charge on any atom is 0.254 e. The van der Waals surface area contributed by atoms with Crippen molar-refractivity contribution in [2.75, 3.05) is 7.11 Å². The molecule has 0 unspecified atom stereocenters. The molecule has 0 bridgehead atoms. The Morgan fingerprint density at radius 2 is 2.00 bits per heavy atom. The Bertz CT molecular complexity index is 561. The van der Waals surface area contributed by atoms with E-state index < -0.39 is 0 Å². The smallest absolute Gasteiger partial charge is 0.254 e. The molecule has 4 nitrogen and oxygen atoms in total. The number of hydrogen-bond acceptors (Lipinski definition) is 3. The monoisotopic (exact) mass is 230 g/mol. The highest BCUT2D eigenvalue weighted by atomic mass is 16.5. The molecule has 0 saturated heterocycles. The minimum Gasteiger partial charge on any atom is -0.377 e. The van der Waals surface area contributed by atoms with Crippen LogP contribution in [-0.4, -0.2) is 17.1 Å². The molecule has 0 spiro atoms. The van der Waals surface area contributed by atoms with Crippen molar-refractivity contribution in [1.29, 1.82) is 0 Å². The number of H-pyrrole nitrogens is 1. The van der Waals surface area contributed by atoms with Crippen molar-refractivity contribution in [3.63, 3.8) is 0 Å². The molecule has 1 N–H and O–H groups in total. The van der Waals surface area contributed by atoms with Gasteiger partial charge in [-0.2, -0.15) is 0 Å². The minimum atomic E-state index is -0.120. The summed E-state index contributed by atoms with van der Waals surface area (Å²) in [6.45, 7) is 2.07. The van der Waals surface area contributed by atoms with Crippen LogP contribution in [0.2, 0.25) is 0 Å². The summed E-state index contributed by atoms with van der Waals surface area (Å²) in [5.41, 5.74) is 2.15. The normalized spacial score (nSPS) is 10.5. The molecule has 0 saturated carbocycles. The van der Waals surface area contributed by atoms with Crippen molar-refractivity contribution in [2.45, 2.75) is 13.5 Å². The summed E-state index contributed by atoms with van der Waals surface area (Å²) in [6, 6.07) is 9.65. The number of methoxy groups -OCH3 is 1. The Labute approximate surface area is 99.3 Å². The number of aromatic amines is 1. The van der Waals surface area contributed by atoms with Crippen LogP contribution in [0.3, 0.4) is 0 Å². The van der Waals surface area contributed by atoms with Crippen molar-refractivity contribution < 1.29 is 4.74 Å². The summed E-state index contributed by atoms with van der Waals surface area (Å²) in [5, 5.41) is 0. The van der Waals surface area contributed by atoms with E-state index in [9.17, 15) is 4.79 Å². The lowest BCUT2D eigenvalue weighted by Gasteiger charge is -2.07. The highest BCUT2D eigenvalue weighted by Crippen LogP contribution is 2.18. The van der Waals surface area contributed by atoms with Gasteiger partial charge in [-0.1, -0.05) is 30.3 Å². The molecular weight excluding hydrogens is 216 g/mol. The van der Waals surface area contributed by atoms with E-state index in [1.807, 2.05) is 30.3 Å². The van der Waals surface area contributed by atoms with Gasteiger partial charge < -0.3 is 9.72 Å². The van der Waals surface area contributed by atoms with Crippen LogP contribution in [0.5, 0.6) is 0 Å². The summed E-state index contributed by atoms with van der Waals surface area (Å²) in [6.07, 6.45) is 0. The third-order valence-corrected chi connectivity index (χ3v) is 2.53. The highest BCUT2D eigenvalue weighted by Gasteiger charge is 2.08. The summed E-state index contributed by atoms with van der Waals surface area (Å²) in [4.78, 5) is 18.9. The number of benzene rings is 1. The average molecular weight is 230 g/mol. The third-order valence-electron chi connectivity index (χ3n) is 2.53. The lowest BCUT2D eigenvalue weighted by molar-refractivity contribution is 0.177. The quantitative estimate of drug-likeness (QED) is 0.876. The zero-order chi connectivity index (χ0) is 12.3. The fourth-order valence-electron chi connectivity index (χ4n) is 1.66. The Kier molecular flexibility index (Phi) is 3.35. The fourth-order valence-corrected chi connectivity index (χ4v) is 1.66. The molecule has 4 heteroatoms. The van der Waals surface area contributed by atoms with Gasteiger partial charge in [0.2, 0.25) is 0 Å². The summed E-state index contributed by atoms with van der Waals surface area (Å²) in [7, 11) is 1.57. The van der Waals surface area contributed by atoms with Crippen molar-refractivity contribution in [1.82, 2.24) is 9.97 Å². The molecule has 0 radical (unpaired) electrons. The molecule has 0 fully saturated rings. The second kappa shape index (κ2) is 4.93. The van der Waals surface area contributed by atoms with Gasteiger partial charge in [0.1, 0.15) is 12.4 Å². The SMILES string of the molecule is COCc1nc(-c2ccccc2)c(C)c(=O)[nH]1. The first-order chi connectivity index (χ1) is 8.22. The van der Waals surface area contributed by atoms with Crippen LogP contribution < -0.4 is 5.56 Å². The van der Waals surface area contributed by atoms with E-state index >= 15 is 0 Å². The molecule has 1 aromatic carbocycles. The number of nitrogens with zero attached hydrogens (tertiary/aromatic N) is 1. The van der Waals surface area contributed by atoms with Gasteiger partial charge in [0.25, 0.3) is 5.56 Å². The summed E-state index contributed by atoms with van der Waals surface area (Å²) in [5.74, 6) is 0.543.